The predicted molar refractivity (Wildman–Crippen MR) is 123 cm³/mol. The standard InChI is InChI=1S/C25H33N3O3/c1-2-3-4-16-31-23-13-9-20(10-14-23)25(30)27-22-11-7-19(8-12-22)17-28-15-5-6-21(18-28)24(26)29/h7-14,21H,2-6,15-18H2,1H3,(H2,26,29)(H,27,30). The first-order valence-corrected chi connectivity index (χ1v) is 11.2. The van der Waals surface area contributed by atoms with E-state index >= 15 is 0 Å². The molecule has 1 aliphatic heterocycles. The molecular formula is C25H33N3O3. The van der Waals surface area contributed by atoms with Gasteiger partial charge >= 0.3 is 0 Å². The molecule has 2 aromatic carbocycles. The van der Waals surface area contributed by atoms with Gasteiger partial charge in [0.05, 0.1) is 12.5 Å². The van der Waals surface area contributed by atoms with Crippen LogP contribution in [-0.4, -0.2) is 36.4 Å². The van der Waals surface area contributed by atoms with Crippen molar-refractivity contribution in [1.29, 1.82) is 0 Å². The minimum Gasteiger partial charge on any atom is -0.494 e. The van der Waals surface area contributed by atoms with Gasteiger partial charge in [-0.1, -0.05) is 31.9 Å². The lowest BCUT2D eigenvalue weighted by Gasteiger charge is -2.31. The molecule has 1 unspecified atom stereocenters. The van der Waals surface area contributed by atoms with Crippen molar-refractivity contribution in [2.75, 3.05) is 25.0 Å². The van der Waals surface area contributed by atoms with Crippen LogP contribution < -0.4 is 15.8 Å². The highest BCUT2D eigenvalue weighted by Crippen LogP contribution is 2.20. The number of primary amides is 1. The molecule has 31 heavy (non-hydrogen) atoms. The van der Waals surface area contributed by atoms with Crippen LogP contribution in [0.3, 0.4) is 0 Å². The molecule has 0 aliphatic carbocycles. The summed E-state index contributed by atoms with van der Waals surface area (Å²) in [5.41, 5.74) is 7.96. The van der Waals surface area contributed by atoms with Gasteiger partial charge in [0.25, 0.3) is 5.91 Å². The monoisotopic (exact) mass is 423 g/mol. The second-order valence-electron chi connectivity index (χ2n) is 8.21. The van der Waals surface area contributed by atoms with E-state index in [9.17, 15) is 9.59 Å². The van der Waals surface area contributed by atoms with Crippen LogP contribution in [0.1, 0.15) is 54.9 Å². The number of amides is 2. The number of rotatable bonds is 10. The molecule has 0 radical (unpaired) electrons. The van der Waals surface area contributed by atoms with Gasteiger partial charge in [-0.25, -0.2) is 0 Å². The zero-order chi connectivity index (χ0) is 22.1. The number of ether oxygens (including phenoxy) is 1. The second-order valence-corrected chi connectivity index (χ2v) is 8.21. The molecule has 3 rings (SSSR count). The van der Waals surface area contributed by atoms with Crippen molar-refractivity contribution in [3.05, 3.63) is 59.7 Å². The average Bonchev–Trinajstić information content (AvgIpc) is 2.78. The van der Waals surface area contributed by atoms with Crippen molar-refractivity contribution < 1.29 is 14.3 Å². The molecule has 1 saturated heterocycles. The van der Waals surface area contributed by atoms with E-state index in [0.29, 0.717) is 18.7 Å². The van der Waals surface area contributed by atoms with Gasteiger partial charge in [-0.05, 0) is 67.8 Å². The van der Waals surface area contributed by atoms with E-state index in [-0.39, 0.29) is 17.7 Å². The number of nitrogens with two attached hydrogens (primary N) is 1. The molecule has 0 spiro atoms. The third-order valence-electron chi connectivity index (χ3n) is 5.66. The maximum atomic E-state index is 12.5. The highest BCUT2D eigenvalue weighted by molar-refractivity contribution is 6.04. The first-order chi connectivity index (χ1) is 15.0. The molecule has 1 heterocycles. The van der Waals surface area contributed by atoms with E-state index in [2.05, 4.69) is 17.1 Å². The first-order valence-electron chi connectivity index (χ1n) is 11.2. The molecule has 1 aliphatic rings. The Morgan fingerprint density at radius 1 is 1.10 bits per heavy atom. The van der Waals surface area contributed by atoms with Crippen LogP contribution in [0.25, 0.3) is 0 Å². The number of nitrogens with zero attached hydrogens (tertiary/aromatic N) is 1. The van der Waals surface area contributed by atoms with Crippen LogP contribution in [0.4, 0.5) is 5.69 Å². The van der Waals surface area contributed by atoms with E-state index < -0.39 is 0 Å². The number of hydrogen-bond donors (Lipinski definition) is 2. The fourth-order valence-electron chi connectivity index (χ4n) is 3.83. The fraction of sp³-hybridized carbons (Fsp3) is 0.440. The quantitative estimate of drug-likeness (QED) is 0.561. The molecule has 1 fully saturated rings. The summed E-state index contributed by atoms with van der Waals surface area (Å²) in [6.45, 7) is 5.33. The van der Waals surface area contributed by atoms with Gasteiger partial charge in [0.15, 0.2) is 0 Å². The molecule has 2 amide bonds. The van der Waals surface area contributed by atoms with Crippen molar-refractivity contribution in [1.82, 2.24) is 4.90 Å². The summed E-state index contributed by atoms with van der Waals surface area (Å²) in [5.74, 6) is 0.373. The van der Waals surface area contributed by atoms with Crippen molar-refractivity contribution in [2.24, 2.45) is 11.7 Å². The zero-order valence-corrected chi connectivity index (χ0v) is 18.3. The summed E-state index contributed by atoms with van der Waals surface area (Å²) in [4.78, 5) is 26.2. The molecule has 3 N–H and O–H groups in total. The summed E-state index contributed by atoms with van der Waals surface area (Å²) in [7, 11) is 0. The van der Waals surface area contributed by atoms with Gasteiger partial charge in [0, 0.05) is 24.3 Å². The molecule has 0 aromatic heterocycles. The minimum absolute atomic E-state index is 0.0551. The smallest absolute Gasteiger partial charge is 0.255 e. The maximum Gasteiger partial charge on any atom is 0.255 e. The van der Waals surface area contributed by atoms with Gasteiger partial charge in [-0.3, -0.25) is 14.5 Å². The van der Waals surface area contributed by atoms with Crippen LogP contribution in [-0.2, 0) is 11.3 Å². The number of carbonyl (C=O) groups excluding carboxylic acids is 2. The Morgan fingerprint density at radius 3 is 2.52 bits per heavy atom. The van der Waals surface area contributed by atoms with Crippen LogP contribution in [0.2, 0.25) is 0 Å². The van der Waals surface area contributed by atoms with Crippen molar-refractivity contribution in [2.45, 2.75) is 45.6 Å². The summed E-state index contributed by atoms with van der Waals surface area (Å²) in [6, 6.07) is 15.1. The molecule has 6 nitrogen and oxygen atoms in total. The Kier molecular flexibility index (Phi) is 8.47. The normalized spacial score (nSPS) is 16.6. The number of anilines is 1. The van der Waals surface area contributed by atoms with Gasteiger partial charge in [-0.15, -0.1) is 0 Å². The highest BCUT2D eigenvalue weighted by Gasteiger charge is 2.23. The first kappa shape index (κ1) is 22.8. The SMILES string of the molecule is CCCCCOc1ccc(C(=O)Nc2ccc(CN3CCCC(C(N)=O)C3)cc2)cc1. The number of unbranched alkanes of at least 4 members (excludes halogenated alkanes) is 2. The molecule has 1 atom stereocenters. The van der Waals surface area contributed by atoms with Crippen molar-refractivity contribution >= 4 is 17.5 Å². The van der Waals surface area contributed by atoms with Gasteiger partial charge in [0.1, 0.15) is 5.75 Å². The highest BCUT2D eigenvalue weighted by atomic mass is 16.5. The summed E-state index contributed by atoms with van der Waals surface area (Å²) >= 11 is 0. The number of likely N-dealkylation sites (tertiary alicyclic amines) is 1. The molecule has 166 valence electrons. The van der Waals surface area contributed by atoms with Gasteiger partial charge in [-0.2, -0.15) is 0 Å². The fourth-order valence-corrected chi connectivity index (χ4v) is 3.83. The van der Waals surface area contributed by atoms with Crippen molar-refractivity contribution in [3.63, 3.8) is 0 Å². The lowest BCUT2D eigenvalue weighted by Crippen LogP contribution is -2.40. The van der Waals surface area contributed by atoms with E-state index in [4.69, 9.17) is 10.5 Å². The number of piperidine rings is 1. The number of benzene rings is 2. The second kappa shape index (κ2) is 11.5. The third-order valence-corrected chi connectivity index (χ3v) is 5.66. The third kappa shape index (κ3) is 7.10. The minimum atomic E-state index is -0.209. The summed E-state index contributed by atoms with van der Waals surface area (Å²) in [5, 5.41) is 2.94. The lowest BCUT2D eigenvalue weighted by molar-refractivity contribution is -0.123. The Bertz CT molecular complexity index is 849. The van der Waals surface area contributed by atoms with Crippen LogP contribution in [0.5, 0.6) is 5.75 Å². The largest absolute Gasteiger partial charge is 0.494 e. The predicted octanol–water partition coefficient (Wildman–Crippen LogP) is 4.21. The Hall–Kier alpha value is -2.86. The molecule has 2 aromatic rings. The zero-order valence-electron chi connectivity index (χ0n) is 18.3. The van der Waals surface area contributed by atoms with Crippen LogP contribution in [0, 0.1) is 5.92 Å². The molecule has 0 saturated carbocycles. The van der Waals surface area contributed by atoms with Crippen LogP contribution >= 0.6 is 0 Å². The number of carbonyl (C=O) groups is 2. The Labute approximate surface area is 184 Å². The Morgan fingerprint density at radius 2 is 1.84 bits per heavy atom. The van der Waals surface area contributed by atoms with E-state index in [0.717, 1.165) is 62.2 Å². The molecular weight excluding hydrogens is 390 g/mol. The van der Waals surface area contributed by atoms with Gasteiger partial charge < -0.3 is 15.8 Å². The summed E-state index contributed by atoms with van der Waals surface area (Å²) < 4.78 is 5.69. The van der Waals surface area contributed by atoms with Crippen LogP contribution in [0.15, 0.2) is 48.5 Å². The topological polar surface area (TPSA) is 84.7 Å². The molecule has 0 bridgehead atoms. The van der Waals surface area contributed by atoms with E-state index in [1.165, 1.54) is 0 Å². The van der Waals surface area contributed by atoms with E-state index in [1.54, 1.807) is 12.1 Å². The maximum absolute atomic E-state index is 12.5. The molecule has 6 heteroatoms. The number of hydrogen-bond acceptors (Lipinski definition) is 4. The van der Waals surface area contributed by atoms with Crippen molar-refractivity contribution in [3.8, 4) is 5.75 Å². The van der Waals surface area contributed by atoms with E-state index in [1.807, 2.05) is 36.4 Å². The lowest BCUT2D eigenvalue weighted by atomic mass is 9.97. The van der Waals surface area contributed by atoms with Gasteiger partial charge in [0.2, 0.25) is 5.91 Å². The Balaban J connectivity index is 1.49. The number of nitrogens with one attached hydrogen (secondary N) is 1. The average molecular weight is 424 g/mol. The summed E-state index contributed by atoms with van der Waals surface area (Å²) in [6.07, 6.45) is 5.23.